The molecule has 0 N–H and O–H groups in total. The summed E-state index contributed by atoms with van der Waals surface area (Å²) in [4.78, 5) is 0. The Morgan fingerprint density at radius 1 is 1.00 bits per heavy atom. The van der Waals surface area contributed by atoms with Crippen LogP contribution in [0.5, 0.6) is 0 Å². The maximum atomic E-state index is 2.27. The molecule has 11 heavy (non-hydrogen) atoms. The van der Waals surface area contributed by atoms with Gasteiger partial charge in [0.15, 0.2) is 0 Å². The summed E-state index contributed by atoms with van der Waals surface area (Å²) in [7, 11) is 0. The van der Waals surface area contributed by atoms with Gasteiger partial charge in [-0.25, -0.2) is 0 Å². The molecule has 0 nitrogen and oxygen atoms in total. The molecule has 0 aliphatic carbocycles. The van der Waals surface area contributed by atoms with E-state index in [1.54, 1.807) is 0 Å². The van der Waals surface area contributed by atoms with Gasteiger partial charge in [-0.3, -0.25) is 0 Å². The van der Waals surface area contributed by atoms with E-state index in [1.807, 2.05) is 13.8 Å². The molecular formula is C10H25Y-. The minimum absolute atomic E-state index is 0. The van der Waals surface area contributed by atoms with Crippen LogP contribution in [0.15, 0.2) is 0 Å². The number of rotatable bonds is 1. The van der Waals surface area contributed by atoms with Crippen molar-refractivity contribution in [2.24, 2.45) is 5.41 Å². The largest absolute Gasteiger partial charge is 0.358 e. The number of hydrogen-bond donors (Lipinski definition) is 0. The van der Waals surface area contributed by atoms with Crippen molar-refractivity contribution in [3.63, 3.8) is 0 Å². The van der Waals surface area contributed by atoms with Crippen LogP contribution >= 0.6 is 0 Å². The monoisotopic (exact) mass is 234 g/mol. The third-order valence-corrected chi connectivity index (χ3v) is 1.000. The second-order valence-corrected chi connectivity index (χ2v) is 3.31. The minimum atomic E-state index is 0. The van der Waals surface area contributed by atoms with Crippen molar-refractivity contribution in [1.82, 2.24) is 0 Å². The molecule has 0 unspecified atom stereocenters. The molecule has 0 rings (SSSR count). The van der Waals surface area contributed by atoms with E-state index >= 15 is 0 Å². The van der Waals surface area contributed by atoms with Gasteiger partial charge >= 0.3 is 0 Å². The van der Waals surface area contributed by atoms with Crippen molar-refractivity contribution in [1.29, 1.82) is 0 Å². The van der Waals surface area contributed by atoms with Crippen molar-refractivity contribution in [2.75, 3.05) is 0 Å². The summed E-state index contributed by atoms with van der Waals surface area (Å²) in [6, 6.07) is 0. The summed E-state index contributed by atoms with van der Waals surface area (Å²) in [6.45, 7) is 13.1. The molecule has 0 spiro atoms. The van der Waals surface area contributed by atoms with Gasteiger partial charge in [0.25, 0.3) is 0 Å². The van der Waals surface area contributed by atoms with Crippen LogP contribution in [0.25, 0.3) is 0 Å². The average molecular weight is 234 g/mol. The Bertz CT molecular complexity index is 43.3. The van der Waals surface area contributed by atoms with Gasteiger partial charge in [-0.15, -0.1) is 0 Å². The Morgan fingerprint density at radius 3 is 1.27 bits per heavy atom. The average Bonchev–Trinajstić information content (AvgIpc) is 1.69. The summed E-state index contributed by atoms with van der Waals surface area (Å²) >= 11 is 0. The van der Waals surface area contributed by atoms with Crippen LogP contribution in [0, 0.1) is 12.8 Å². The maximum absolute atomic E-state index is 2.27. The summed E-state index contributed by atoms with van der Waals surface area (Å²) in [5.41, 5.74) is 0.550. The Morgan fingerprint density at radius 2 is 1.27 bits per heavy atom. The van der Waals surface area contributed by atoms with Crippen LogP contribution in [0.2, 0.25) is 0 Å². The molecule has 69 valence electrons. The molecule has 0 fully saturated rings. The minimum Gasteiger partial charge on any atom is -0.358 e. The van der Waals surface area contributed by atoms with Crippen LogP contribution < -0.4 is 0 Å². The van der Waals surface area contributed by atoms with Gasteiger partial charge in [-0.1, -0.05) is 48.0 Å². The standard InChI is InChI=1S/C7H16.C2H6.CH3.Y/c1-5-6-7(2,3)4;1-2;;/h5-6H2,1-4H3;1-2H3;1H3;/q;;-1;. The Kier molecular flexibility index (Phi) is 28.3. The summed E-state index contributed by atoms with van der Waals surface area (Å²) in [6.07, 6.45) is 2.65. The summed E-state index contributed by atoms with van der Waals surface area (Å²) in [5, 5.41) is 0. The van der Waals surface area contributed by atoms with Crippen molar-refractivity contribution >= 4 is 0 Å². The van der Waals surface area contributed by atoms with Crippen LogP contribution in [0.4, 0.5) is 0 Å². The first-order valence-electron chi connectivity index (χ1n) is 4.06. The predicted octanol–water partition coefficient (Wildman–Crippen LogP) is 4.31. The zero-order chi connectivity index (χ0) is 7.91. The van der Waals surface area contributed by atoms with Crippen molar-refractivity contribution in [3.8, 4) is 0 Å². The van der Waals surface area contributed by atoms with E-state index in [4.69, 9.17) is 0 Å². The van der Waals surface area contributed by atoms with E-state index in [2.05, 4.69) is 27.7 Å². The van der Waals surface area contributed by atoms with Crippen LogP contribution in [0.3, 0.4) is 0 Å². The first-order valence-corrected chi connectivity index (χ1v) is 4.06. The molecule has 0 aromatic carbocycles. The molecule has 0 amide bonds. The third-order valence-electron chi connectivity index (χ3n) is 1.000. The normalized spacial score (nSPS) is 8.18. The van der Waals surface area contributed by atoms with E-state index in [0.717, 1.165) is 0 Å². The SMILES string of the molecule is CC.CCCC(C)(C)C.[CH3-].[Y]. The molecule has 0 saturated carbocycles. The Labute approximate surface area is 99.4 Å². The van der Waals surface area contributed by atoms with Crippen molar-refractivity contribution in [2.45, 2.75) is 54.4 Å². The summed E-state index contributed by atoms with van der Waals surface area (Å²) < 4.78 is 0. The maximum Gasteiger partial charge on any atom is 0 e. The van der Waals surface area contributed by atoms with E-state index in [9.17, 15) is 0 Å². The van der Waals surface area contributed by atoms with Gasteiger partial charge in [0.1, 0.15) is 0 Å². The first-order chi connectivity index (χ1) is 4.06. The molecule has 0 aliphatic heterocycles. The molecule has 0 aromatic heterocycles. The van der Waals surface area contributed by atoms with Crippen molar-refractivity contribution in [3.05, 3.63) is 7.43 Å². The van der Waals surface area contributed by atoms with Gasteiger partial charge in [-0.05, 0) is 11.8 Å². The van der Waals surface area contributed by atoms with E-state index < -0.39 is 0 Å². The van der Waals surface area contributed by atoms with E-state index in [0.29, 0.717) is 5.41 Å². The van der Waals surface area contributed by atoms with E-state index in [1.165, 1.54) is 12.8 Å². The molecule has 0 aromatic rings. The van der Waals surface area contributed by atoms with Gasteiger partial charge in [0.05, 0.1) is 0 Å². The molecular weight excluding hydrogens is 209 g/mol. The molecule has 1 radical (unpaired) electrons. The molecule has 0 aliphatic rings. The first kappa shape index (κ1) is 22.7. The Hall–Kier alpha value is 1.10. The van der Waals surface area contributed by atoms with Crippen LogP contribution in [-0.2, 0) is 32.7 Å². The van der Waals surface area contributed by atoms with Crippen LogP contribution in [0.1, 0.15) is 54.4 Å². The molecule has 1 heteroatoms. The number of hydrogen-bond acceptors (Lipinski definition) is 0. The van der Waals surface area contributed by atoms with Gasteiger partial charge in [0.2, 0.25) is 0 Å². The zero-order valence-electron chi connectivity index (χ0n) is 9.49. The predicted molar refractivity (Wildman–Crippen MR) is 52.1 cm³/mol. The molecule has 0 atom stereocenters. The smallest absolute Gasteiger partial charge is 0 e. The molecule has 0 saturated heterocycles. The topological polar surface area (TPSA) is 0 Å². The second-order valence-electron chi connectivity index (χ2n) is 3.31. The Balaban J connectivity index is -0.0000000564. The fraction of sp³-hybridized carbons (Fsp3) is 0.900. The molecule has 0 heterocycles. The second kappa shape index (κ2) is 13.7. The fourth-order valence-electron chi connectivity index (χ4n) is 0.750. The quantitative estimate of drug-likeness (QED) is 0.593. The van der Waals surface area contributed by atoms with Gasteiger partial charge < -0.3 is 7.43 Å². The van der Waals surface area contributed by atoms with Gasteiger partial charge in [-0.2, -0.15) is 0 Å². The van der Waals surface area contributed by atoms with Crippen LogP contribution in [-0.4, -0.2) is 0 Å². The summed E-state index contributed by atoms with van der Waals surface area (Å²) in [5.74, 6) is 0. The molecule has 0 bridgehead atoms. The fourth-order valence-corrected chi connectivity index (χ4v) is 0.750. The third kappa shape index (κ3) is 35.3. The van der Waals surface area contributed by atoms with Gasteiger partial charge in [0, 0.05) is 32.7 Å². The van der Waals surface area contributed by atoms with Crippen molar-refractivity contribution < 1.29 is 32.7 Å². The zero-order valence-corrected chi connectivity index (χ0v) is 12.3. The van der Waals surface area contributed by atoms with E-state index in [-0.39, 0.29) is 40.1 Å².